The summed E-state index contributed by atoms with van der Waals surface area (Å²) >= 11 is 5.83. The predicted molar refractivity (Wildman–Crippen MR) is 74.1 cm³/mol. The number of imidazole rings is 1. The Hall–Kier alpha value is -1.44. The van der Waals surface area contributed by atoms with Gasteiger partial charge in [-0.2, -0.15) is 9.97 Å². The molecule has 3 rings (SSSR count). The maximum absolute atomic E-state index is 10.1. The van der Waals surface area contributed by atoms with Gasteiger partial charge in [-0.25, -0.2) is 4.98 Å². The van der Waals surface area contributed by atoms with Crippen LogP contribution in [0.1, 0.15) is 26.5 Å². The summed E-state index contributed by atoms with van der Waals surface area (Å²) in [7, 11) is 0. The number of aliphatic hydroxyl groups is 1. The Bertz CT molecular complexity index is 644. The van der Waals surface area contributed by atoms with Crippen molar-refractivity contribution < 1.29 is 9.84 Å². The van der Waals surface area contributed by atoms with E-state index in [0.717, 1.165) is 0 Å². The molecule has 0 radical (unpaired) electrons. The number of rotatable bonds is 2. The molecule has 3 heterocycles. The zero-order valence-electron chi connectivity index (χ0n) is 11.2. The zero-order chi connectivity index (χ0) is 14.4. The topological polar surface area (TPSA) is 99.1 Å². The van der Waals surface area contributed by atoms with Crippen LogP contribution in [0, 0.1) is 5.92 Å². The van der Waals surface area contributed by atoms with E-state index in [-0.39, 0.29) is 29.4 Å². The summed E-state index contributed by atoms with van der Waals surface area (Å²) in [5.41, 5.74) is 6.77. The highest BCUT2D eigenvalue weighted by Crippen LogP contribution is 2.34. The Balaban J connectivity index is 2.00. The molecule has 1 unspecified atom stereocenters. The quantitative estimate of drug-likeness (QED) is 0.812. The zero-order valence-corrected chi connectivity index (χ0v) is 11.9. The van der Waals surface area contributed by atoms with Gasteiger partial charge in [-0.15, -0.1) is 0 Å². The molecule has 1 saturated heterocycles. The van der Waals surface area contributed by atoms with Gasteiger partial charge in [-0.05, 0) is 17.5 Å². The number of hydrogen-bond acceptors (Lipinski definition) is 6. The fraction of sp³-hybridized carbons (Fsp3) is 0.583. The Kier molecular flexibility index (Phi) is 3.27. The summed E-state index contributed by atoms with van der Waals surface area (Å²) in [4.78, 5) is 12.2. The molecule has 0 amide bonds. The molecule has 108 valence electrons. The third kappa shape index (κ3) is 2.11. The number of halogens is 1. The minimum atomic E-state index is -0.507. The monoisotopic (exact) mass is 297 g/mol. The van der Waals surface area contributed by atoms with Crippen LogP contribution in [0.15, 0.2) is 6.33 Å². The van der Waals surface area contributed by atoms with Crippen LogP contribution in [-0.4, -0.2) is 36.8 Å². The minimum Gasteiger partial charge on any atom is -0.390 e. The maximum Gasteiger partial charge on any atom is 0.226 e. The molecule has 8 heteroatoms. The standard InChI is InChI=1S/C12H16ClN5O2/c1-5(2)9-6(19)3-7(20-9)18-4-15-8-10(14)16-12(13)17-11(8)18/h4-7,9,19H,3H2,1-2H3,(H2,14,16,17)/t6?,7-,9-/m1/s1. The van der Waals surface area contributed by atoms with Crippen LogP contribution in [0.4, 0.5) is 5.82 Å². The van der Waals surface area contributed by atoms with Crippen LogP contribution in [0.5, 0.6) is 0 Å². The van der Waals surface area contributed by atoms with Crippen molar-refractivity contribution in [2.45, 2.75) is 38.7 Å². The molecular formula is C12H16ClN5O2. The lowest BCUT2D eigenvalue weighted by Gasteiger charge is -2.18. The van der Waals surface area contributed by atoms with E-state index >= 15 is 0 Å². The van der Waals surface area contributed by atoms with Crippen LogP contribution in [0.25, 0.3) is 11.2 Å². The number of aliphatic hydroxyl groups excluding tert-OH is 1. The van der Waals surface area contributed by atoms with Crippen LogP contribution in [0.2, 0.25) is 5.28 Å². The van der Waals surface area contributed by atoms with Gasteiger partial charge in [-0.1, -0.05) is 13.8 Å². The number of aromatic nitrogens is 4. The van der Waals surface area contributed by atoms with Crippen molar-refractivity contribution in [3.8, 4) is 0 Å². The molecule has 1 aliphatic rings. The lowest BCUT2D eigenvalue weighted by Crippen LogP contribution is -2.26. The second-order valence-corrected chi connectivity index (χ2v) is 5.64. The molecule has 2 aromatic heterocycles. The van der Waals surface area contributed by atoms with E-state index < -0.39 is 6.10 Å². The van der Waals surface area contributed by atoms with E-state index in [1.54, 1.807) is 10.9 Å². The van der Waals surface area contributed by atoms with Crippen LogP contribution in [-0.2, 0) is 4.74 Å². The van der Waals surface area contributed by atoms with Crippen molar-refractivity contribution in [2.24, 2.45) is 5.92 Å². The van der Waals surface area contributed by atoms with Crippen molar-refractivity contribution in [3.63, 3.8) is 0 Å². The molecule has 20 heavy (non-hydrogen) atoms. The SMILES string of the molecule is CC(C)[C@H]1O[C@@H](n2cnc3c(N)nc(Cl)nc32)CC1O. The molecule has 0 aliphatic carbocycles. The highest BCUT2D eigenvalue weighted by Gasteiger charge is 2.37. The van der Waals surface area contributed by atoms with E-state index in [0.29, 0.717) is 17.6 Å². The maximum atomic E-state index is 10.1. The summed E-state index contributed by atoms with van der Waals surface area (Å²) in [5.74, 6) is 0.464. The fourth-order valence-corrected chi connectivity index (χ4v) is 2.74. The van der Waals surface area contributed by atoms with Gasteiger partial charge in [-0.3, -0.25) is 4.57 Å². The van der Waals surface area contributed by atoms with Crippen LogP contribution < -0.4 is 5.73 Å². The number of nitrogen functional groups attached to an aromatic ring is 1. The van der Waals surface area contributed by atoms with Crippen molar-refractivity contribution in [2.75, 3.05) is 5.73 Å². The van der Waals surface area contributed by atoms with Crippen molar-refractivity contribution in [3.05, 3.63) is 11.6 Å². The number of anilines is 1. The molecule has 0 saturated carbocycles. The first-order valence-corrected chi connectivity index (χ1v) is 6.84. The number of nitrogens with two attached hydrogens (primary N) is 1. The van der Waals surface area contributed by atoms with E-state index in [2.05, 4.69) is 15.0 Å². The van der Waals surface area contributed by atoms with Gasteiger partial charge in [0, 0.05) is 6.42 Å². The number of nitrogens with zero attached hydrogens (tertiary/aromatic N) is 4. The Labute approximate surface area is 120 Å². The average Bonchev–Trinajstić information content (AvgIpc) is 2.92. The second kappa shape index (κ2) is 4.83. The van der Waals surface area contributed by atoms with Gasteiger partial charge in [0.25, 0.3) is 0 Å². The number of hydrogen-bond donors (Lipinski definition) is 2. The lowest BCUT2D eigenvalue weighted by molar-refractivity contribution is -0.0401. The minimum absolute atomic E-state index is 0.0655. The summed E-state index contributed by atoms with van der Waals surface area (Å²) in [6.07, 6.45) is 1.04. The average molecular weight is 298 g/mol. The Morgan fingerprint density at radius 3 is 2.90 bits per heavy atom. The van der Waals surface area contributed by atoms with E-state index in [1.807, 2.05) is 13.8 Å². The second-order valence-electron chi connectivity index (χ2n) is 5.30. The third-order valence-corrected chi connectivity index (χ3v) is 3.69. The largest absolute Gasteiger partial charge is 0.390 e. The molecule has 3 N–H and O–H groups in total. The van der Waals surface area contributed by atoms with E-state index in [9.17, 15) is 5.11 Å². The molecule has 1 aliphatic heterocycles. The summed E-state index contributed by atoms with van der Waals surface area (Å²) in [5, 5.41) is 10.1. The summed E-state index contributed by atoms with van der Waals surface area (Å²) in [6, 6.07) is 0. The highest BCUT2D eigenvalue weighted by molar-refractivity contribution is 6.28. The Morgan fingerprint density at radius 2 is 2.25 bits per heavy atom. The van der Waals surface area contributed by atoms with Gasteiger partial charge in [0.15, 0.2) is 11.5 Å². The van der Waals surface area contributed by atoms with Crippen LogP contribution in [0.3, 0.4) is 0 Å². The molecule has 0 spiro atoms. The van der Waals surface area contributed by atoms with Gasteiger partial charge >= 0.3 is 0 Å². The first kappa shape index (κ1) is 13.5. The van der Waals surface area contributed by atoms with Gasteiger partial charge in [0.05, 0.1) is 18.5 Å². The van der Waals surface area contributed by atoms with Crippen molar-refractivity contribution >= 4 is 28.6 Å². The molecule has 7 nitrogen and oxygen atoms in total. The summed E-state index contributed by atoms with van der Waals surface area (Å²) in [6.45, 7) is 4.03. The Morgan fingerprint density at radius 1 is 1.50 bits per heavy atom. The third-order valence-electron chi connectivity index (χ3n) is 3.52. The number of ether oxygens (including phenoxy) is 1. The lowest BCUT2D eigenvalue weighted by atomic mass is 10.0. The van der Waals surface area contributed by atoms with Gasteiger partial charge in [0.1, 0.15) is 11.7 Å². The molecule has 1 fully saturated rings. The number of fused-ring (bicyclic) bond motifs is 1. The normalized spacial score (nSPS) is 26.8. The molecule has 2 aromatic rings. The first-order chi connectivity index (χ1) is 9.47. The van der Waals surface area contributed by atoms with Gasteiger partial charge in [0.2, 0.25) is 5.28 Å². The predicted octanol–water partition coefficient (Wildman–Crippen LogP) is 1.37. The molecule has 0 bridgehead atoms. The van der Waals surface area contributed by atoms with Crippen molar-refractivity contribution in [1.29, 1.82) is 0 Å². The van der Waals surface area contributed by atoms with Crippen molar-refractivity contribution in [1.82, 2.24) is 19.5 Å². The fourth-order valence-electron chi connectivity index (χ4n) is 2.57. The molecular weight excluding hydrogens is 282 g/mol. The molecule has 0 aromatic carbocycles. The first-order valence-electron chi connectivity index (χ1n) is 6.46. The van der Waals surface area contributed by atoms with Gasteiger partial charge < -0.3 is 15.6 Å². The summed E-state index contributed by atoms with van der Waals surface area (Å²) < 4.78 is 7.64. The van der Waals surface area contributed by atoms with Crippen LogP contribution >= 0.6 is 11.6 Å². The smallest absolute Gasteiger partial charge is 0.226 e. The highest BCUT2D eigenvalue weighted by atomic mass is 35.5. The van der Waals surface area contributed by atoms with E-state index in [4.69, 9.17) is 22.1 Å². The van der Waals surface area contributed by atoms with E-state index in [1.165, 1.54) is 0 Å². The molecule has 3 atom stereocenters.